The van der Waals surface area contributed by atoms with E-state index in [0.717, 1.165) is 12.1 Å². The van der Waals surface area contributed by atoms with Crippen LogP contribution in [0.4, 0.5) is 5.69 Å². The van der Waals surface area contributed by atoms with Crippen LogP contribution in [0.1, 0.15) is 0 Å². The molecule has 136 valence electrons. The molecule has 1 aromatic carbocycles. The van der Waals surface area contributed by atoms with E-state index in [0.29, 0.717) is 0 Å². The number of nitro benzene ring substituents is 1. The van der Waals surface area contributed by atoms with Crippen LogP contribution in [0.2, 0.25) is 0 Å². The first-order valence-corrected chi connectivity index (χ1v) is 8.79. The van der Waals surface area contributed by atoms with Crippen molar-refractivity contribution in [1.82, 2.24) is 0 Å². The van der Waals surface area contributed by atoms with Crippen LogP contribution >= 0.6 is 0 Å². The Labute approximate surface area is 144 Å². The van der Waals surface area contributed by atoms with Crippen LogP contribution in [0.5, 0.6) is 5.75 Å². The number of aryl methyl sites for hydroxylation is 1. The molecule has 0 saturated heterocycles. The molecular weight excluding hydrogens is 384 g/mol. The Balaban J connectivity index is 0.000000550. The van der Waals surface area contributed by atoms with Crippen LogP contribution in [-0.4, -0.2) is 13.3 Å². The van der Waals surface area contributed by atoms with E-state index in [1.807, 2.05) is 0 Å². The predicted octanol–water partition coefficient (Wildman–Crippen LogP) is -3.57. The van der Waals surface area contributed by atoms with E-state index in [1.165, 1.54) is 24.4 Å². The van der Waals surface area contributed by atoms with Crippen LogP contribution in [0, 0.1) is 20.4 Å². The lowest BCUT2D eigenvalue weighted by Crippen LogP contribution is -2.68. The Bertz CT molecular complexity index is 846. The highest BCUT2D eigenvalue weighted by Gasteiger charge is 2.27. The van der Waals surface area contributed by atoms with Crippen molar-refractivity contribution in [3.8, 4) is 5.75 Å². The van der Waals surface area contributed by atoms with Crippen molar-refractivity contribution in [3.05, 3.63) is 58.9 Å². The van der Waals surface area contributed by atoms with Crippen LogP contribution in [-0.2, 0) is 17.2 Å². The van der Waals surface area contributed by atoms with Crippen LogP contribution < -0.4 is 27.4 Å². The third-order valence-electron chi connectivity index (χ3n) is 2.45. The maximum absolute atomic E-state index is 12.1. The molecule has 0 aliphatic carbocycles. The van der Waals surface area contributed by atoms with Crippen LogP contribution in [0.25, 0.3) is 0 Å². The molecule has 0 aliphatic rings. The molecule has 0 fully saturated rings. The summed E-state index contributed by atoms with van der Waals surface area (Å²) in [6.07, 6.45) is 3.15. The summed E-state index contributed by atoms with van der Waals surface area (Å²) in [5.74, 6) is 0.0770. The van der Waals surface area contributed by atoms with Crippen LogP contribution in [0.3, 0.4) is 0 Å². The van der Waals surface area contributed by atoms with Gasteiger partial charge in [-0.25, -0.2) is 23.2 Å². The Morgan fingerprint density at radius 1 is 1.08 bits per heavy atom. The number of benzene rings is 1. The maximum Gasteiger partial charge on any atom is 0.346 e. The number of rotatable bonds is 4. The van der Waals surface area contributed by atoms with Crippen molar-refractivity contribution in [2.24, 2.45) is 7.05 Å². The average Bonchev–Trinajstić information content (AvgIpc) is 2.45. The minimum absolute atomic E-state index is 0.0770. The molecule has 0 atom stereocenters. The number of hydrogen-bond acceptors (Lipinski definition) is 9. The Hall–Kier alpha value is -2.35. The second-order valence-electron chi connectivity index (χ2n) is 4.35. The first kappa shape index (κ1) is 20.7. The van der Waals surface area contributed by atoms with E-state index < -0.39 is 35.9 Å². The van der Waals surface area contributed by atoms with Gasteiger partial charge < -0.3 is 4.18 Å². The Kier molecular flexibility index (Phi) is 6.75. The van der Waals surface area contributed by atoms with E-state index in [9.17, 15) is 18.5 Å². The molecule has 25 heavy (non-hydrogen) atoms. The topological polar surface area (TPSA) is 183 Å². The molecule has 0 bridgehead atoms. The first-order valence-electron chi connectivity index (χ1n) is 6.15. The fraction of sp³-hybridized carbons (Fsp3) is 0.0833. The molecule has 13 heteroatoms. The summed E-state index contributed by atoms with van der Waals surface area (Å²) < 4.78 is 64.7. The van der Waals surface area contributed by atoms with Gasteiger partial charge in [-0.1, -0.05) is 12.1 Å². The van der Waals surface area contributed by atoms with E-state index in [1.54, 1.807) is 23.9 Å². The van der Waals surface area contributed by atoms with Gasteiger partial charge in [-0.05, 0) is 12.1 Å². The SMILES string of the molecule is C[n+]1cccc(OS(=O)(=O)c2ccccc2[N+](=O)[O-])c1.[O-][Cl+3]([O-])([O-])[O-]. The summed E-state index contributed by atoms with van der Waals surface area (Å²) >= 11 is 0. The quantitative estimate of drug-likeness (QED) is 0.219. The number of halogens is 1. The summed E-state index contributed by atoms with van der Waals surface area (Å²) in [5.41, 5.74) is -0.521. The lowest BCUT2D eigenvalue weighted by atomic mass is 10.3. The summed E-state index contributed by atoms with van der Waals surface area (Å²) in [7, 11) is -7.51. The van der Waals surface area contributed by atoms with Crippen molar-refractivity contribution >= 4 is 15.8 Å². The number of pyridine rings is 1. The highest BCUT2D eigenvalue weighted by molar-refractivity contribution is 7.87. The van der Waals surface area contributed by atoms with Crippen molar-refractivity contribution in [2.75, 3.05) is 0 Å². The van der Waals surface area contributed by atoms with Gasteiger partial charge in [0.2, 0.25) is 11.9 Å². The fourth-order valence-corrected chi connectivity index (χ4v) is 2.69. The van der Waals surface area contributed by atoms with Gasteiger partial charge >= 0.3 is 10.1 Å². The molecule has 11 nitrogen and oxygen atoms in total. The third-order valence-corrected chi connectivity index (χ3v) is 3.75. The zero-order chi connectivity index (χ0) is 19.3. The molecule has 1 heterocycles. The van der Waals surface area contributed by atoms with E-state index in [2.05, 4.69) is 0 Å². The minimum Gasteiger partial charge on any atom is -0.372 e. The number of nitrogens with zero attached hydrogens (tertiary/aromatic N) is 2. The Morgan fingerprint density at radius 2 is 1.64 bits per heavy atom. The number of hydrogen-bond donors (Lipinski definition) is 0. The van der Waals surface area contributed by atoms with Crippen LogP contribution in [0.15, 0.2) is 53.7 Å². The molecule has 0 unspecified atom stereocenters. The smallest absolute Gasteiger partial charge is 0.346 e. The largest absolute Gasteiger partial charge is 0.372 e. The number of para-hydroxylation sites is 1. The number of aromatic nitrogens is 1. The van der Waals surface area contributed by atoms with Gasteiger partial charge in [-0.3, -0.25) is 10.1 Å². The lowest BCUT2D eigenvalue weighted by molar-refractivity contribution is -2.00. The molecule has 0 aliphatic heterocycles. The second-order valence-corrected chi connectivity index (χ2v) is 6.62. The van der Waals surface area contributed by atoms with Gasteiger partial charge in [-0.15, -0.1) is 10.2 Å². The van der Waals surface area contributed by atoms with Gasteiger partial charge in [0.05, 0.1) is 4.92 Å². The molecule has 2 aromatic rings. The van der Waals surface area contributed by atoms with Gasteiger partial charge in [-0.2, -0.15) is 8.42 Å². The van der Waals surface area contributed by atoms with Gasteiger partial charge in [0, 0.05) is 12.1 Å². The first-order chi connectivity index (χ1) is 11.4. The van der Waals surface area contributed by atoms with Crippen molar-refractivity contribution in [3.63, 3.8) is 0 Å². The average molecular weight is 395 g/mol. The molecule has 2 rings (SSSR count). The molecule has 0 N–H and O–H groups in total. The van der Waals surface area contributed by atoms with Crippen molar-refractivity contribution in [2.45, 2.75) is 4.90 Å². The highest BCUT2D eigenvalue weighted by atomic mass is 35.7. The Morgan fingerprint density at radius 3 is 2.16 bits per heavy atom. The molecule has 0 spiro atoms. The zero-order valence-corrected chi connectivity index (χ0v) is 14.0. The number of nitro groups is 1. The highest BCUT2D eigenvalue weighted by Crippen LogP contribution is 2.25. The minimum atomic E-state index is -4.94. The normalized spacial score (nSPS) is 11.2. The molecule has 0 amide bonds. The van der Waals surface area contributed by atoms with E-state index >= 15 is 0 Å². The summed E-state index contributed by atoms with van der Waals surface area (Å²) in [5, 5.41) is 10.9. The molecule has 0 radical (unpaired) electrons. The summed E-state index contributed by atoms with van der Waals surface area (Å²) in [6, 6.07) is 8.09. The van der Waals surface area contributed by atoms with E-state index in [4.69, 9.17) is 22.8 Å². The summed E-state index contributed by atoms with van der Waals surface area (Å²) in [6.45, 7) is 0. The maximum atomic E-state index is 12.1. The molecule has 0 saturated carbocycles. The van der Waals surface area contributed by atoms with E-state index in [-0.39, 0.29) is 5.75 Å². The zero-order valence-electron chi connectivity index (χ0n) is 12.5. The van der Waals surface area contributed by atoms with Gasteiger partial charge in [0.1, 0.15) is 7.05 Å². The van der Waals surface area contributed by atoms with Gasteiger partial charge in [0.25, 0.3) is 5.69 Å². The van der Waals surface area contributed by atoms with Crippen molar-refractivity contribution < 1.29 is 51.0 Å². The lowest BCUT2D eigenvalue weighted by Gasteiger charge is -2.17. The third kappa shape index (κ3) is 7.38. The monoisotopic (exact) mass is 394 g/mol. The predicted molar refractivity (Wildman–Crippen MR) is 68.5 cm³/mol. The van der Waals surface area contributed by atoms with Gasteiger partial charge in [0.15, 0.2) is 11.1 Å². The molecular formula is C12H11ClN2O9S. The standard InChI is InChI=1S/C12H11N2O5S.ClHO4/c1-13-8-4-5-10(9-13)19-20(17,18)12-7-3-2-6-11(12)14(15)16;2-1(3,4)5/h2-9H,1H3;(H,2,3,4,5)/q+1;/p-1. The summed E-state index contributed by atoms with van der Waals surface area (Å²) in [4.78, 5) is 9.62. The van der Waals surface area contributed by atoms with Crippen molar-refractivity contribution in [1.29, 1.82) is 0 Å². The second kappa shape index (κ2) is 8.15. The fourth-order valence-electron chi connectivity index (χ4n) is 1.60. The molecule has 1 aromatic heterocycles.